The van der Waals surface area contributed by atoms with Crippen molar-refractivity contribution in [2.75, 3.05) is 0 Å². The molecule has 0 bridgehead atoms. The van der Waals surface area contributed by atoms with E-state index in [-0.39, 0.29) is 10.9 Å². The Bertz CT molecular complexity index is 654. The molecule has 0 fully saturated rings. The van der Waals surface area contributed by atoms with Crippen LogP contribution in [-0.4, -0.2) is 21.0 Å². The molecule has 1 aromatic carbocycles. The van der Waals surface area contributed by atoms with Crippen molar-refractivity contribution < 1.29 is 9.90 Å². The first kappa shape index (κ1) is 12.7. The molecule has 0 atom stereocenters. The summed E-state index contributed by atoms with van der Waals surface area (Å²) >= 11 is 0. The van der Waals surface area contributed by atoms with E-state index in [0.29, 0.717) is 5.52 Å². The van der Waals surface area contributed by atoms with Crippen molar-refractivity contribution in [1.82, 2.24) is 9.97 Å². The molecule has 0 saturated heterocycles. The number of carboxylic acids is 1. The second-order valence-corrected chi connectivity index (χ2v) is 2.97. The molecule has 2 aromatic rings. The largest absolute Gasteiger partial charge is 0.478 e. The average Bonchev–Trinajstić information content (AvgIpc) is 2.31. The Labute approximate surface area is 95.9 Å². The van der Waals surface area contributed by atoms with Crippen LogP contribution in [0.15, 0.2) is 27.8 Å². The number of aromatic amines is 2. The molecule has 0 aliphatic rings. The summed E-state index contributed by atoms with van der Waals surface area (Å²) in [6, 6.07) is 3.92. The average molecular weight is 236 g/mol. The van der Waals surface area contributed by atoms with Crippen LogP contribution < -0.4 is 11.2 Å². The van der Waals surface area contributed by atoms with Crippen LogP contribution in [-0.2, 0) is 0 Å². The van der Waals surface area contributed by atoms with Crippen molar-refractivity contribution in [3.8, 4) is 0 Å². The fourth-order valence-corrected chi connectivity index (χ4v) is 1.30. The van der Waals surface area contributed by atoms with Crippen molar-refractivity contribution in [2.45, 2.75) is 13.8 Å². The Morgan fingerprint density at radius 3 is 2.41 bits per heavy atom. The second-order valence-electron chi connectivity index (χ2n) is 2.97. The fraction of sp³-hybridized carbons (Fsp3) is 0.182. The van der Waals surface area contributed by atoms with Crippen LogP contribution in [0, 0.1) is 0 Å². The molecule has 0 amide bonds. The Kier molecular flexibility index (Phi) is 3.82. The number of aromatic nitrogens is 2. The van der Waals surface area contributed by atoms with Crippen molar-refractivity contribution in [3.63, 3.8) is 0 Å². The number of rotatable bonds is 1. The molecule has 6 heteroatoms. The van der Waals surface area contributed by atoms with Gasteiger partial charge >= 0.3 is 11.7 Å². The quantitative estimate of drug-likeness (QED) is 0.685. The number of carboxylic acid groups (broad SMARTS) is 1. The van der Waals surface area contributed by atoms with E-state index in [1.54, 1.807) is 0 Å². The van der Waals surface area contributed by atoms with Crippen LogP contribution in [0.3, 0.4) is 0 Å². The van der Waals surface area contributed by atoms with Gasteiger partial charge in [-0.3, -0.25) is 9.78 Å². The fourth-order valence-electron chi connectivity index (χ4n) is 1.30. The molecule has 0 aliphatic heterocycles. The SMILES string of the molecule is CC.O=C(O)c1ccc2[nH]c(=O)[nH]c(=O)c2c1. The van der Waals surface area contributed by atoms with Gasteiger partial charge in [-0.1, -0.05) is 13.8 Å². The highest BCUT2D eigenvalue weighted by Crippen LogP contribution is 2.08. The van der Waals surface area contributed by atoms with Crippen LogP contribution in [0.1, 0.15) is 24.2 Å². The third kappa shape index (κ3) is 2.60. The Hall–Kier alpha value is -2.37. The summed E-state index contributed by atoms with van der Waals surface area (Å²) in [5, 5.41) is 8.85. The highest BCUT2D eigenvalue weighted by molar-refractivity contribution is 5.92. The first-order valence-corrected chi connectivity index (χ1v) is 5.07. The molecular weight excluding hydrogens is 224 g/mol. The first-order valence-electron chi connectivity index (χ1n) is 5.07. The molecule has 0 spiro atoms. The lowest BCUT2D eigenvalue weighted by Gasteiger charge is -1.97. The zero-order valence-corrected chi connectivity index (χ0v) is 9.40. The van der Waals surface area contributed by atoms with E-state index < -0.39 is 17.2 Å². The van der Waals surface area contributed by atoms with Gasteiger partial charge in [0.05, 0.1) is 16.5 Å². The molecule has 1 heterocycles. The number of benzene rings is 1. The highest BCUT2D eigenvalue weighted by atomic mass is 16.4. The number of aromatic carboxylic acids is 1. The Balaban J connectivity index is 0.000000686. The van der Waals surface area contributed by atoms with Crippen LogP contribution >= 0.6 is 0 Å². The van der Waals surface area contributed by atoms with Gasteiger partial charge in [-0.25, -0.2) is 9.59 Å². The minimum absolute atomic E-state index is 0.0000454. The van der Waals surface area contributed by atoms with Gasteiger partial charge in [0.25, 0.3) is 5.56 Å². The van der Waals surface area contributed by atoms with E-state index in [0.717, 1.165) is 0 Å². The molecule has 0 radical (unpaired) electrons. The maximum Gasteiger partial charge on any atom is 0.335 e. The Morgan fingerprint density at radius 1 is 1.18 bits per heavy atom. The maximum atomic E-state index is 11.3. The molecule has 2 rings (SSSR count). The molecule has 17 heavy (non-hydrogen) atoms. The number of fused-ring (bicyclic) bond motifs is 1. The van der Waals surface area contributed by atoms with Gasteiger partial charge in [-0.15, -0.1) is 0 Å². The van der Waals surface area contributed by atoms with Gasteiger partial charge in [0, 0.05) is 0 Å². The van der Waals surface area contributed by atoms with Crippen LogP contribution in [0.4, 0.5) is 0 Å². The monoisotopic (exact) mass is 236 g/mol. The normalized spacial score (nSPS) is 9.53. The minimum Gasteiger partial charge on any atom is -0.478 e. The van der Waals surface area contributed by atoms with Crippen LogP contribution in [0.5, 0.6) is 0 Å². The summed E-state index contributed by atoms with van der Waals surface area (Å²) in [7, 11) is 0. The van der Waals surface area contributed by atoms with Crippen LogP contribution in [0.2, 0.25) is 0 Å². The third-order valence-corrected chi connectivity index (χ3v) is 1.99. The maximum absolute atomic E-state index is 11.3. The van der Waals surface area contributed by atoms with E-state index in [1.165, 1.54) is 18.2 Å². The van der Waals surface area contributed by atoms with E-state index >= 15 is 0 Å². The first-order chi connectivity index (χ1) is 8.08. The third-order valence-electron chi connectivity index (χ3n) is 1.99. The summed E-state index contributed by atoms with van der Waals surface area (Å²) in [6.07, 6.45) is 0. The zero-order valence-electron chi connectivity index (χ0n) is 9.40. The van der Waals surface area contributed by atoms with Gasteiger partial charge in [-0.2, -0.15) is 0 Å². The van der Waals surface area contributed by atoms with Gasteiger partial charge in [0.1, 0.15) is 0 Å². The number of H-pyrrole nitrogens is 2. The van der Waals surface area contributed by atoms with Crippen LogP contribution in [0.25, 0.3) is 10.9 Å². The second kappa shape index (κ2) is 5.11. The van der Waals surface area contributed by atoms with Crippen molar-refractivity contribution in [3.05, 3.63) is 44.6 Å². The molecule has 6 nitrogen and oxygen atoms in total. The lowest BCUT2D eigenvalue weighted by atomic mass is 10.1. The van der Waals surface area contributed by atoms with Gasteiger partial charge in [0.2, 0.25) is 0 Å². The highest BCUT2D eigenvalue weighted by Gasteiger charge is 2.06. The lowest BCUT2D eigenvalue weighted by Crippen LogP contribution is -2.22. The number of hydrogen-bond donors (Lipinski definition) is 3. The minimum atomic E-state index is -1.12. The van der Waals surface area contributed by atoms with Crippen molar-refractivity contribution in [2.24, 2.45) is 0 Å². The molecule has 0 unspecified atom stereocenters. The zero-order chi connectivity index (χ0) is 13.0. The van der Waals surface area contributed by atoms with E-state index in [9.17, 15) is 14.4 Å². The number of hydrogen-bond acceptors (Lipinski definition) is 3. The standard InChI is InChI=1S/C9H6N2O4.C2H6/c12-7-5-3-4(8(13)14)1-2-6(5)10-9(15)11-7;1-2/h1-3H,(H,13,14)(H2,10,11,12,15);1-2H3. The summed E-state index contributed by atoms with van der Waals surface area (Å²) in [6.45, 7) is 4.00. The summed E-state index contributed by atoms with van der Waals surface area (Å²) < 4.78 is 0. The smallest absolute Gasteiger partial charge is 0.335 e. The molecule has 3 N–H and O–H groups in total. The van der Waals surface area contributed by atoms with Gasteiger partial charge in [-0.05, 0) is 18.2 Å². The lowest BCUT2D eigenvalue weighted by molar-refractivity contribution is 0.0697. The number of nitrogens with one attached hydrogen (secondary N) is 2. The van der Waals surface area contributed by atoms with E-state index in [2.05, 4.69) is 4.98 Å². The summed E-state index contributed by atoms with van der Waals surface area (Å²) in [5.74, 6) is -1.12. The van der Waals surface area contributed by atoms with Gasteiger partial charge < -0.3 is 10.1 Å². The van der Waals surface area contributed by atoms with E-state index in [4.69, 9.17) is 5.11 Å². The predicted octanol–water partition coefficient (Wildman–Crippen LogP) is 0.941. The van der Waals surface area contributed by atoms with Crippen molar-refractivity contribution >= 4 is 16.9 Å². The number of carbonyl (C=O) groups is 1. The van der Waals surface area contributed by atoms with Gasteiger partial charge in [0.15, 0.2) is 0 Å². The molecule has 0 saturated carbocycles. The predicted molar refractivity (Wildman–Crippen MR) is 63.5 cm³/mol. The molecule has 1 aromatic heterocycles. The topological polar surface area (TPSA) is 103 Å². The van der Waals surface area contributed by atoms with E-state index in [1.807, 2.05) is 18.8 Å². The molecule has 0 aliphatic carbocycles. The summed E-state index contributed by atoms with van der Waals surface area (Å²) in [5.41, 5.74) is -0.902. The molecular formula is C11H12N2O4. The summed E-state index contributed by atoms with van der Waals surface area (Å²) in [4.78, 5) is 37.3. The molecule has 90 valence electrons. The Morgan fingerprint density at radius 2 is 1.82 bits per heavy atom. The van der Waals surface area contributed by atoms with Crippen molar-refractivity contribution in [1.29, 1.82) is 0 Å².